The zero-order chi connectivity index (χ0) is 19.2. The lowest BCUT2D eigenvalue weighted by Crippen LogP contribution is -2.36. The third-order valence-electron chi connectivity index (χ3n) is 5.82. The van der Waals surface area contributed by atoms with Gasteiger partial charge in [0.15, 0.2) is 0 Å². The number of amides is 1. The molecule has 0 radical (unpaired) electrons. The van der Waals surface area contributed by atoms with Gasteiger partial charge in [0.05, 0.1) is 12.2 Å². The summed E-state index contributed by atoms with van der Waals surface area (Å²) in [4.78, 5) is 14.8. The average molecular weight is 369 g/mol. The van der Waals surface area contributed by atoms with Gasteiger partial charge >= 0.3 is 0 Å². The van der Waals surface area contributed by atoms with Crippen LogP contribution in [0.2, 0.25) is 0 Å². The van der Waals surface area contributed by atoms with E-state index >= 15 is 0 Å². The monoisotopic (exact) mass is 368 g/mol. The Labute approximate surface area is 162 Å². The van der Waals surface area contributed by atoms with E-state index in [1.54, 1.807) is 0 Å². The van der Waals surface area contributed by atoms with Gasteiger partial charge in [-0.2, -0.15) is 5.10 Å². The van der Waals surface area contributed by atoms with E-state index in [4.69, 9.17) is 0 Å². The molecular formula is C22H32N4O. The standard InChI is InChI=1S/C22H32N4O/c1-17-18(2)24-26(19(17)3)14-11-23-22(27)15-20-9-12-25(13-10-20)16-21-7-5-4-6-8-21/h4-8,20H,9-16H2,1-3H3,(H,23,27). The molecule has 1 aliphatic heterocycles. The lowest BCUT2D eigenvalue weighted by molar-refractivity contribution is -0.122. The van der Waals surface area contributed by atoms with E-state index in [9.17, 15) is 4.79 Å². The molecule has 1 aromatic carbocycles. The van der Waals surface area contributed by atoms with E-state index in [-0.39, 0.29) is 5.91 Å². The normalized spacial score (nSPS) is 15.8. The van der Waals surface area contributed by atoms with Crippen LogP contribution in [0, 0.1) is 26.7 Å². The highest BCUT2D eigenvalue weighted by Crippen LogP contribution is 2.21. The van der Waals surface area contributed by atoms with Crippen LogP contribution in [-0.4, -0.2) is 40.2 Å². The summed E-state index contributed by atoms with van der Waals surface area (Å²) in [5.74, 6) is 0.683. The first-order valence-corrected chi connectivity index (χ1v) is 10.1. The molecule has 1 aromatic heterocycles. The molecule has 0 saturated carbocycles. The molecule has 0 unspecified atom stereocenters. The van der Waals surface area contributed by atoms with Crippen molar-refractivity contribution in [3.05, 3.63) is 52.8 Å². The van der Waals surface area contributed by atoms with Crippen molar-refractivity contribution in [2.45, 2.75) is 53.1 Å². The molecule has 5 heteroatoms. The van der Waals surface area contributed by atoms with Crippen LogP contribution in [0.3, 0.4) is 0 Å². The molecule has 27 heavy (non-hydrogen) atoms. The Morgan fingerprint density at radius 2 is 1.85 bits per heavy atom. The molecule has 0 atom stereocenters. The second-order valence-electron chi connectivity index (χ2n) is 7.78. The first-order valence-electron chi connectivity index (χ1n) is 10.1. The number of aryl methyl sites for hydroxylation is 1. The van der Waals surface area contributed by atoms with Crippen molar-refractivity contribution in [2.75, 3.05) is 19.6 Å². The van der Waals surface area contributed by atoms with Gasteiger partial charge in [0.2, 0.25) is 5.91 Å². The van der Waals surface area contributed by atoms with Crippen LogP contribution < -0.4 is 5.32 Å². The number of hydrogen-bond donors (Lipinski definition) is 1. The second-order valence-corrected chi connectivity index (χ2v) is 7.78. The molecule has 146 valence electrons. The fourth-order valence-corrected chi connectivity index (χ4v) is 3.83. The van der Waals surface area contributed by atoms with Gasteiger partial charge < -0.3 is 5.32 Å². The molecule has 2 heterocycles. The van der Waals surface area contributed by atoms with E-state index in [2.05, 4.69) is 59.5 Å². The number of piperidine rings is 1. The summed E-state index contributed by atoms with van der Waals surface area (Å²) in [7, 11) is 0. The largest absolute Gasteiger partial charge is 0.354 e. The van der Waals surface area contributed by atoms with Crippen LogP contribution in [-0.2, 0) is 17.9 Å². The predicted molar refractivity (Wildman–Crippen MR) is 109 cm³/mol. The van der Waals surface area contributed by atoms with E-state index in [1.807, 2.05) is 11.6 Å². The minimum atomic E-state index is 0.176. The summed E-state index contributed by atoms with van der Waals surface area (Å²) in [6.45, 7) is 10.8. The zero-order valence-corrected chi connectivity index (χ0v) is 16.9. The van der Waals surface area contributed by atoms with Crippen molar-refractivity contribution in [1.82, 2.24) is 20.0 Å². The number of hydrogen-bond acceptors (Lipinski definition) is 3. The van der Waals surface area contributed by atoms with Gasteiger partial charge in [-0.15, -0.1) is 0 Å². The van der Waals surface area contributed by atoms with Gasteiger partial charge in [0.25, 0.3) is 0 Å². The lowest BCUT2D eigenvalue weighted by Gasteiger charge is -2.31. The Hall–Kier alpha value is -2.14. The van der Waals surface area contributed by atoms with E-state index in [1.165, 1.54) is 16.8 Å². The number of nitrogens with zero attached hydrogens (tertiary/aromatic N) is 3. The third-order valence-corrected chi connectivity index (χ3v) is 5.82. The number of nitrogens with one attached hydrogen (secondary N) is 1. The maximum atomic E-state index is 12.3. The van der Waals surface area contributed by atoms with Gasteiger partial charge in [0.1, 0.15) is 0 Å². The van der Waals surface area contributed by atoms with Crippen molar-refractivity contribution in [3.8, 4) is 0 Å². The second kappa shape index (κ2) is 9.18. The number of likely N-dealkylation sites (tertiary alicyclic amines) is 1. The summed E-state index contributed by atoms with van der Waals surface area (Å²) in [6.07, 6.45) is 2.86. The molecule has 5 nitrogen and oxygen atoms in total. The quantitative estimate of drug-likeness (QED) is 0.816. The van der Waals surface area contributed by atoms with E-state index in [0.29, 0.717) is 18.9 Å². The van der Waals surface area contributed by atoms with Crippen LogP contribution in [0.1, 0.15) is 41.8 Å². The molecule has 1 aliphatic rings. The van der Waals surface area contributed by atoms with Crippen molar-refractivity contribution in [3.63, 3.8) is 0 Å². The highest BCUT2D eigenvalue weighted by atomic mass is 16.1. The maximum Gasteiger partial charge on any atom is 0.220 e. The van der Waals surface area contributed by atoms with Crippen LogP contribution in [0.25, 0.3) is 0 Å². The van der Waals surface area contributed by atoms with Crippen molar-refractivity contribution < 1.29 is 4.79 Å². The van der Waals surface area contributed by atoms with Gasteiger partial charge in [-0.3, -0.25) is 14.4 Å². The van der Waals surface area contributed by atoms with E-state index in [0.717, 1.165) is 44.7 Å². The molecule has 0 aliphatic carbocycles. The Morgan fingerprint density at radius 1 is 1.15 bits per heavy atom. The number of carbonyl (C=O) groups excluding carboxylic acids is 1. The lowest BCUT2D eigenvalue weighted by atomic mass is 9.93. The molecule has 0 spiro atoms. The SMILES string of the molecule is Cc1nn(CCNC(=O)CC2CCN(Cc3ccccc3)CC2)c(C)c1C. The molecule has 1 fully saturated rings. The fraction of sp³-hybridized carbons (Fsp3) is 0.545. The Balaban J connectivity index is 1.35. The summed E-state index contributed by atoms with van der Waals surface area (Å²) in [5, 5.41) is 7.60. The Morgan fingerprint density at radius 3 is 2.48 bits per heavy atom. The summed E-state index contributed by atoms with van der Waals surface area (Å²) in [6, 6.07) is 10.6. The number of carbonyl (C=O) groups is 1. The van der Waals surface area contributed by atoms with Crippen LogP contribution in [0.4, 0.5) is 0 Å². The molecule has 3 rings (SSSR count). The molecule has 0 bridgehead atoms. The molecule has 1 N–H and O–H groups in total. The van der Waals surface area contributed by atoms with E-state index < -0.39 is 0 Å². The molecule has 1 saturated heterocycles. The smallest absolute Gasteiger partial charge is 0.220 e. The first kappa shape index (κ1) is 19.6. The van der Waals surface area contributed by atoms with Crippen LogP contribution >= 0.6 is 0 Å². The topological polar surface area (TPSA) is 50.2 Å². The number of benzene rings is 1. The first-order chi connectivity index (χ1) is 13.0. The third kappa shape index (κ3) is 5.42. The minimum absolute atomic E-state index is 0.176. The van der Waals surface area contributed by atoms with Gasteiger partial charge in [-0.25, -0.2) is 0 Å². The van der Waals surface area contributed by atoms with Crippen molar-refractivity contribution in [2.24, 2.45) is 5.92 Å². The van der Waals surface area contributed by atoms with Crippen LogP contribution in [0.15, 0.2) is 30.3 Å². The maximum absolute atomic E-state index is 12.3. The summed E-state index contributed by atoms with van der Waals surface area (Å²) in [5.41, 5.74) is 4.87. The van der Waals surface area contributed by atoms with Gasteiger partial charge in [-0.1, -0.05) is 30.3 Å². The summed E-state index contributed by atoms with van der Waals surface area (Å²) >= 11 is 0. The molecule has 1 amide bonds. The Bertz CT molecular complexity index is 745. The highest BCUT2D eigenvalue weighted by Gasteiger charge is 2.21. The number of aromatic nitrogens is 2. The Kier molecular flexibility index (Phi) is 6.67. The molecule has 2 aromatic rings. The van der Waals surface area contributed by atoms with Crippen molar-refractivity contribution >= 4 is 5.91 Å². The zero-order valence-electron chi connectivity index (χ0n) is 16.9. The van der Waals surface area contributed by atoms with Crippen molar-refractivity contribution in [1.29, 1.82) is 0 Å². The van der Waals surface area contributed by atoms with Crippen LogP contribution in [0.5, 0.6) is 0 Å². The average Bonchev–Trinajstić information content (AvgIpc) is 2.91. The van der Waals surface area contributed by atoms with Gasteiger partial charge in [-0.05, 0) is 63.7 Å². The molecular weight excluding hydrogens is 336 g/mol. The highest BCUT2D eigenvalue weighted by molar-refractivity contribution is 5.76. The minimum Gasteiger partial charge on any atom is -0.354 e. The van der Waals surface area contributed by atoms with Gasteiger partial charge in [0, 0.05) is 25.2 Å². The number of rotatable bonds is 7. The fourth-order valence-electron chi connectivity index (χ4n) is 3.83. The summed E-state index contributed by atoms with van der Waals surface area (Å²) < 4.78 is 1.99. The predicted octanol–water partition coefficient (Wildman–Crippen LogP) is 3.23.